The van der Waals surface area contributed by atoms with Crippen LogP contribution >= 0.6 is 11.6 Å². The average molecular weight is 520 g/mol. The van der Waals surface area contributed by atoms with Gasteiger partial charge in [-0.05, 0) is 90.9 Å². The van der Waals surface area contributed by atoms with E-state index >= 15 is 0 Å². The lowest BCUT2D eigenvalue weighted by Gasteiger charge is -2.23. The Morgan fingerprint density at radius 2 is 1.73 bits per heavy atom. The molecule has 0 aliphatic carbocycles. The Kier molecular flexibility index (Phi) is 8.04. The second kappa shape index (κ2) is 11.4. The summed E-state index contributed by atoms with van der Waals surface area (Å²) in [6.07, 6.45) is 0.549. The number of nitrogens with one attached hydrogen (secondary N) is 2. The number of aryl methyl sites for hydroxylation is 2. The van der Waals surface area contributed by atoms with Gasteiger partial charge < -0.3 is 24.7 Å². The minimum Gasteiger partial charge on any atom is -0.493 e. The summed E-state index contributed by atoms with van der Waals surface area (Å²) in [5, 5.41) is 4.34. The first kappa shape index (κ1) is 26.1. The number of aromatic nitrogens is 1. The number of rotatable bonds is 8. The van der Waals surface area contributed by atoms with Crippen molar-refractivity contribution in [1.82, 2.24) is 9.88 Å². The molecule has 7 nitrogen and oxygen atoms in total. The average Bonchev–Trinajstić information content (AvgIpc) is 2.87. The number of anilines is 1. The van der Waals surface area contributed by atoms with Crippen LogP contribution in [0.2, 0.25) is 5.02 Å². The first-order valence-electron chi connectivity index (χ1n) is 11.9. The maximum Gasteiger partial charge on any atom is 0.322 e. The van der Waals surface area contributed by atoms with Gasteiger partial charge in [0.2, 0.25) is 0 Å². The molecule has 1 aromatic heterocycles. The number of fused-ring (bicyclic) bond motifs is 1. The van der Waals surface area contributed by atoms with Gasteiger partial charge in [-0.25, -0.2) is 4.79 Å². The van der Waals surface area contributed by atoms with Crippen molar-refractivity contribution in [2.45, 2.75) is 26.8 Å². The number of halogens is 1. The number of pyridine rings is 1. The Balaban J connectivity index is 1.62. The molecule has 4 aromatic rings. The Morgan fingerprint density at radius 1 is 0.973 bits per heavy atom. The summed E-state index contributed by atoms with van der Waals surface area (Å²) in [5.74, 6) is 1.25. The molecule has 192 valence electrons. The predicted molar refractivity (Wildman–Crippen MR) is 148 cm³/mol. The summed E-state index contributed by atoms with van der Waals surface area (Å²) >= 11 is 6.10. The first-order chi connectivity index (χ1) is 17.8. The Morgan fingerprint density at radius 3 is 2.46 bits per heavy atom. The summed E-state index contributed by atoms with van der Waals surface area (Å²) in [6.45, 7) is 4.55. The standard InChI is InChI=1S/C29H30ClN3O4/c1-18-12-21-15-22(28(34)32-25(21)13-19(18)2)17-33(29(35)31-24-7-5-6-23(30)16-24)11-10-20-8-9-26(36-3)27(14-20)37-4/h5-9,12-16H,10-11,17H2,1-4H3,(H,31,35)(H,32,34). The number of hydrogen-bond acceptors (Lipinski definition) is 4. The van der Waals surface area contributed by atoms with Crippen molar-refractivity contribution in [3.8, 4) is 11.5 Å². The molecule has 0 spiro atoms. The van der Waals surface area contributed by atoms with E-state index < -0.39 is 0 Å². The molecule has 8 heteroatoms. The lowest BCUT2D eigenvalue weighted by Crippen LogP contribution is -2.37. The molecule has 0 atom stereocenters. The van der Waals surface area contributed by atoms with Crippen molar-refractivity contribution in [2.75, 3.05) is 26.1 Å². The van der Waals surface area contributed by atoms with Gasteiger partial charge in [-0.3, -0.25) is 4.79 Å². The largest absolute Gasteiger partial charge is 0.493 e. The van der Waals surface area contributed by atoms with Crippen molar-refractivity contribution in [2.24, 2.45) is 0 Å². The van der Waals surface area contributed by atoms with E-state index in [-0.39, 0.29) is 18.1 Å². The first-order valence-corrected chi connectivity index (χ1v) is 12.3. The molecule has 0 radical (unpaired) electrons. The smallest absolute Gasteiger partial charge is 0.322 e. The fraction of sp³-hybridized carbons (Fsp3) is 0.241. The molecule has 4 rings (SSSR count). The fourth-order valence-corrected chi connectivity index (χ4v) is 4.36. The Bertz CT molecular complexity index is 1500. The van der Waals surface area contributed by atoms with Crippen LogP contribution in [0.25, 0.3) is 10.9 Å². The minimum absolute atomic E-state index is 0.137. The number of ether oxygens (including phenoxy) is 2. The van der Waals surface area contributed by atoms with Crippen molar-refractivity contribution in [1.29, 1.82) is 0 Å². The van der Waals surface area contributed by atoms with E-state index in [9.17, 15) is 9.59 Å². The minimum atomic E-state index is -0.331. The van der Waals surface area contributed by atoms with Crippen LogP contribution < -0.4 is 20.3 Å². The summed E-state index contributed by atoms with van der Waals surface area (Å²) in [4.78, 5) is 30.9. The number of nitrogens with zero attached hydrogens (tertiary/aromatic N) is 1. The Labute approximate surface area is 221 Å². The van der Waals surface area contributed by atoms with Gasteiger partial charge >= 0.3 is 6.03 Å². The van der Waals surface area contributed by atoms with Crippen LogP contribution in [0.4, 0.5) is 10.5 Å². The molecule has 0 unspecified atom stereocenters. The number of hydrogen-bond donors (Lipinski definition) is 2. The molecular formula is C29H30ClN3O4. The molecular weight excluding hydrogens is 490 g/mol. The molecule has 2 N–H and O–H groups in total. The van der Waals surface area contributed by atoms with Crippen molar-refractivity contribution in [3.05, 3.63) is 98.3 Å². The highest BCUT2D eigenvalue weighted by molar-refractivity contribution is 6.30. The SMILES string of the molecule is COc1ccc(CCN(Cc2cc3cc(C)c(C)cc3[nH]c2=O)C(=O)Nc2cccc(Cl)c2)cc1OC. The summed E-state index contributed by atoms with van der Waals surface area (Å²) < 4.78 is 10.7. The van der Waals surface area contributed by atoms with Gasteiger partial charge in [0.15, 0.2) is 11.5 Å². The van der Waals surface area contributed by atoms with E-state index in [1.54, 1.807) is 43.4 Å². The number of urea groups is 1. The van der Waals surface area contributed by atoms with Gasteiger partial charge in [0.1, 0.15) is 0 Å². The van der Waals surface area contributed by atoms with E-state index in [4.69, 9.17) is 21.1 Å². The van der Waals surface area contributed by atoms with Crippen LogP contribution in [0.15, 0.2) is 65.5 Å². The fourth-order valence-electron chi connectivity index (χ4n) is 4.17. The van der Waals surface area contributed by atoms with Gasteiger partial charge in [0.25, 0.3) is 5.56 Å². The van der Waals surface area contributed by atoms with Crippen LogP contribution in [0.1, 0.15) is 22.3 Å². The number of methoxy groups -OCH3 is 2. The molecule has 37 heavy (non-hydrogen) atoms. The monoisotopic (exact) mass is 519 g/mol. The summed E-state index contributed by atoms with van der Waals surface area (Å²) in [7, 11) is 3.17. The number of amides is 2. The molecule has 0 saturated heterocycles. The normalized spacial score (nSPS) is 10.8. The quantitative estimate of drug-likeness (QED) is 0.295. The number of benzene rings is 3. The van der Waals surface area contributed by atoms with Crippen molar-refractivity contribution >= 4 is 34.2 Å². The van der Waals surface area contributed by atoms with Crippen LogP contribution in [0.5, 0.6) is 11.5 Å². The van der Waals surface area contributed by atoms with E-state index in [0.717, 1.165) is 27.6 Å². The highest BCUT2D eigenvalue weighted by Crippen LogP contribution is 2.28. The van der Waals surface area contributed by atoms with E-state index in [1.807, 2.05) is 50.2 Å². The molecule has 0 bridgehead atoms. The van der Waals surface area contributed by atoms with Crippen molar-refractivity contribution in [3.63, 3.8) is 0 Å². The third-order valence-corrected chi connectivity index (χ3v) is 6.61. The molecule has 0 fully saturated rings. The second-order valence-electron chi connectivity index (χ2n) is 8.95. The van der Waals surface area contributed by atoms with E-state index in [1.165, 1.54) is 0 Å². The van der Waals surface area contributed by atoms with E-state index in [2.05, 4.69) is 10.3 Å². The van der Waals surface area contributed by atoms with Crippen LogP contribution in [-0.2, 0) is 13.0 Å². The van der Waals surface area contributed by atoms with Crippen LogP contribution in [0.3, 0.4) is 0 Å². The van der Waals surface area contributed by atoms with Gasteiger partial charge in [-0.2, -0.15) is 0 Å². The molecule has 0 aliphatic rings. The zero-order valence-corrected chi connectivity index (χ0v) is 22.1. The maximum atomic E-state index is 13.4. The molecule has 1 heterocycles. The Hall–Kier alpha value is -3.97. The van der Waals surface area contributed by atoms with Gasteiger partial charge in [0, 0.05) is 28.3 Å². The molecule has 2 amide bonds. The summed E-state index contributed by atoms with van der Waals surface area (Å²) in [5.41, 5.74) is 4.84. The number of aromatic amines is 1. The summed E-state index contributed by atoms with van der Waals surface area (Å²) in [6, 6.07) is 18.2. The number of H-pyrrole nitrogens is 1. The number of carbonyl (C=O) groups excluding carboxylic acids is 1. The lowest BCUT2D eigenvalue weighted by atomic mass is 10.0. The maximum absolute atomic E-state index is 13.4. The predicted octanol–water partition coefficient (Wildman–Crippen LogP) is 6.09. The van der Waals surface area contributed by atoms with Crippen molar-refractivity contribution < 1.29 is 14.3 Å². The van der Waals surface area contributed by atoms with Gasteiger partial charge in [-0.15, -0.1) is 0 Å². The van der Waals surface area contributed by atoms with E-state index in [0.29, 0.717) is 40.7 Å². The van der Waals surface area contributed by atoms with Gasteiger partial charge in [-0.1, -0.05) is 23.7 Å². The second-order valence-corrected chi connectivity index (χ2v) is 9.39. The zero-order valence-electron chi connectivity index (χ0n) is 21.4. The van der Waals surface area contributed by atoms with Gasteiger partial charge in [0.05, 0.1) is 20.8 Å². The topological polar surface area (TPSA) is 83.7 Å². The molecule has 0 saturated carbocycles. The highest BCUT2D eigenvalue weighted by atomic mass is 35.5. The zero-order chi connectivity index (χ0) is 26.5. The molecule has 0 aliphatic heterocycles. The highest BCUT2D eigenvalue weighted by Gasteiger charge is 2.18. The van der Waals surface area contributed by atoms with Crippen LogP contribution in [0, 0.1) is 13.8 Å². The number of carbonyl (C=O) groups is 1. The molecule has 3 aromatic carbocycles. The lowest BCUT2D eigenvalue weighted by molar-refractivity contribution is 0.209. The van der Waals surface area contributed by atoms with Crippen LogP contribution in [-0.4, -0.2) is 36.7 Å². The third kappa shape index (κ3) is 6.24. The third-order valence-electron chi connectivity index (χ3n) is 6.38.